The first-order valence-corrected chi connectivity index (χ1v) is 6.63. The molecule has 1 aromatic carbocycles. The van der Waals surface area contributed by atoms with Gasteiger partial charge in [0.1, 0.15) is 5.75 Å². The second-order valence-electron chi connectivity index (χ2n) is 4.46. The van der Waals surface area contributed by atoms with E-state index in [-0.39, 0.29) is 11.3 Å². The smallest absolute Gasteiger partial charge is 0.255 e. The normalized spacial score (nSPS) is 10.6. The van der Waals surface area contributed by atoms with Crippen molar-refractivity contribution in [3.05, 3.63) is 56.2 Å². The van der Waals surface area contributed by atoms with Gasteiger partial charge < -0.3 is 10.1 Å². The Morgan fingerprint density at radius 1 is 1.32 bits per heavy atom. The Kier molecular flexibility index (Phi) is 4.16. The summed E-state index contributed by atoms with van der Waals surface area (Å²) in [4.78, 5) is 17.7. The van der Waals surface area contributed by atoms with Gasteiger partial charge in [0.2, 0.25) is 0 Å². The lowest BCUT2D eigenvalue weighted by molar-refractivity contribution is 0.474. The third kappa shape index (κ3) is 3.32. The molecule has 0 unspecified atom stereocenters. The molecule has 5 heteroatoms. The summed E-state index contributed by atoms with van der Waals surface area (Å²) >= 11 is 5.00. The summed E-state index contributed by atoms with van der Waals surface area (Å²) < 4.78 is 0.355. The van der Waals surface area contributed by atoms with Crippen molar-refractivity contribution in [2.24, 2.45) is 0 Å². The summed E-state index contributed by atoms with van der Waals surface area (Å²) in [6, 6.07) is 6.93. The van der Waals surface area contributed by atoms with Gasteiger partial charge in [-0.3, -0.25) is 9.78 Å². The Morgan fingerprint density at radius 3 is 2.79 bits per heavy atom. The quantitative estimate of drug-likeness (QED) is 0.752. The zero-order chi connectivity index (χ0) is 13.8. The highest BCUT2D eigenvalue weighted by molar-refractivity contribution is 7.71. The molecular weight excluding hydrogens is 260 g/mol. The number of phenols is 1. The Morgan fingerprint density at radius 2 is 2.11 bits per heavy atom. The van der Waals surface area contributed by atoms with Gasteiger partial charge in [0, 0.05) is 17.7 Å². The maximum atomic E-state index is 12.0. The topological polar surface area (TPSA) is 68.9 Å². The number of hydrogen-bond acceptors (Lipinski definition) is 3. The van der Waals surface area contributed by atoms with Crippen molar-refractivity contribution in [3.63, 3.8) is 0 Å². The molecular formula is C14H16N2O2S. The molecule has 1 heterocycles. The van der Waals surface area contributed by atoms with Crippen molar-refractivity contribution in [1.82, 2.24) is 9.97 Å². The van der Waals surface area contributed by atoms with Gasteiger partial charge in [-0.05, 0) is 36.3 Å². The van der Waals surface area contributed by atoms with E-state index < -0.39 is 0 Å². The van der Waals surface area contributed by atoms with Crippen LogP contribution in [0.15, 0.2) is 29.1 Å². The van der Waals surface area contributed by atoms with Crippen LogP contribution in [0.4, 0.5) is 0 Å². The number of phenolic OH excluding ortho intramolecular Hbond substituents is 1. The highest BCUT2D eigenvalue weighted by Crippen LogP contribution is 2.15. The number of aromatic amines is 2. The molecule has 0 saturated carbocycles. The summed E-state index contributed by atoms with van der Waals surface area (Å²) in [6.45, 7) is 2.05. The van der Waals surface area contributed by atoms with Crippen LogP contribution in [0.2, 0.25) is 0 Å². The molecule has 100 valence electrons. The van der Waals surface area contributed by atoms with Crippen LogP contribution in [-0.4, -0.2) is 15.1 Å². The fourth-order valence-electron chi connectivity index (χ4n) is 2.08. The summed E-state index contributed by atoms with van der Waals surface area (Å²) in [5.41, 5.74) is 2.30. The molecule has 0 spiro atoms. The molecule has 0 atom stereocenters. The molecule has 0 aliphatic heterocycles. The van der Waals surface area contributed by atoms with Gasteiger partial charge in [0.25, 0.3) is 5.56 Å². The maximum Gasteiger partial charge on any atom is 0.255 e. The number of aromatic hydroxyl groups is 1. The SMILES string of the molecule is CCCc1[nH]c(=S)[nH]c(=O)c1Cc1cccc(O)c1. The first kappa shape index (κ1) is 13.5. The van der Waals surface area contributed by atoms with E-state index in [1.165, 1.54) is 0 Å². The van der Waals surface area contributed by atoms with Crippen LogP contribution in [0.5, 0.6) is 5.75 Å². The Balaban J connectivity index is 2.44. The van der Waals surface area contributed by atoms with Gasteiger partial charge >= 0.3 is 0 Å². The molecule has 0 bridgehead atoms. The van der Waals surface area contributed by atoms with E-state index in [0.717, 1.165) is 24.1 Å². The highest BCUT2D eigenvalue weighted by Gasteiger charge is 2.09. The molecule has 0 amide bonds. The third-order valence-corrected chi connectivity index (χ3v) is 3.13. The largest absolute Gasteiger partial charge is 0.508 e. The van der Waals surface area contributed by atoms with E-state index in [0.29, 0.717) is 16.8 Å². The number of benzene rings is 1. The summed E-state index contributed by atoms with van der Waals surface area (Å²) in [7, 11) is 0. The molecule has 0 aliphatic carbocycles. The average Bonchev–Trinajstić information content (AvgIpc) is 2.34. The highest BCUT2D eigenvalue weighted by atomic mass is 32.1. The van der Waals surface area contributed by atoms with E-state index >= 15 is 0 Å². The minimum absolute atomic E-state index is 0.157. The van der Waals surface area contributed by atoms with Gasteiger partial charge in [-0.15, -0.1) is 0 Å². The zero-order valence-electron chi connectivity index (χ0n) is 10.7. The lowest BCUT2D eigenvalue weighted by atomic mass is 10.0. The van der Waals surface area contributed by atoms with E-state index in [2.05, 4.69) is 16.9 Å². The molecule has 0 fully saturated rings. The van der Waals surface area contributed by atoms with Gasteiger partial charge in [-0.25, -0.2) is 0 Å². The summed E-state index contributed by atoms with van der Waals surface area (Å²) in [6.07, 6.45) is 2.19. The molecule has 2 aromatic rings. The first-order chi connectivity index (χ1) is 9.10. The number of hydrogen-bond donors (Lipinski definition) is 3. The lowest BCUT2D eigenvalue weighted by Crippen LogP contribution is -2.18. The Hall–Kier alpha value is -1.88. The molecule has 3 N–H and O–H groups in total. The van der Waals surface area contributed by atoms with Crippen molar-refractivity contribution < 1.29 is 5.11 Å². The molecule has 2 rings (SSSR count). The summed E-state index contributed by atoms with van der Waals surface area (Å²) in [5.74, 6) is 0.204. The number of rotatable bonds is 4. The number of aryl methyl sites for hydroxylation is 1. The van der Waals surface area contributed by atoms with Crippen molar-refractivity contribution in [2.45, 2.75) is 26.2 Å². The van der Waals surface area contributed by atoms with Crippen LogP contribution in [0, 0.1) is 4.77 Å². The molecule has 1 aromatic heterocycles. The minimum Gasteiger partial charge on any atom is -0.508 e. The van der Waals surface area contributed by atoms with E-state index in [4.69, 9.17) is 12.2 Å². The molecule has 19 heavy (non-hydrogen) atoms. The fourth-order valence-corrected chi connectivity index (χ4v) is 2.30. The Labute approximate surface area is 116 Å². The van der Waals surface area contributed by atoms with Crippen LogP contribution in [0.25, 0.3) is 0 Å². The predicted octanol–water partition coefficient (Wildman–Crippen LogP) is 2.68. The molecule has 0 aliphatic rings. The maximum absolute atomic E-state index is 12.0. The molecule has 4 nitrogen and oxygen atoms in total. The molecule has 0 radical (unpaired) electrons. The predicted molar refractivity (Wildman–Crippen MR) is 77.2 cm³/mol. The van der Waals surface area contributed by atoms with Crippen molar-refractivity contribution in [1.29, 1.82) is 0 Å². The fraction of sp³-hybridized carbons (Fsp3) is 0.286. The van der Waals surface area contributed by atoms with Gasteiger partial charge in [0.05, 0.1) is 0 Å². The summed E-state index contributed by atoms with van der Waals surface area (Å²) in [5, 5.41) is 9.47. The van der Waals surface area contributed by atoms with Crippen LogP contribution >= 0.6 is 12.2 Å². The number of nitrogens with one attached hydrogen (secondary N) is 2. The van der Waals surface area contributed by atoms with Crippen molar-refractivity contribution in [3.8, 4) is 5.75 Å². The Bertz CT molecular complexity index is 688. The third-order valence-electron chi connectivity index (χ3n) is 2.92. The van der Waals surface area contributed by atoms with Crippen LogP contribution in [-0.2, 0) is 12.8 Å². The average molecular weight is 276 g/mol. The van der Waals surface area contributed by atoms with Crippen LogP contribution in [0.1, 0.15) is 30.2 Å². The first-order valence-electron chi connectivity index (χ1n) is 6.22. The standard InChI is InChI=1S/C14H16N2O2S/c1-2-4-12-11(13(18)16-14(19)15-12)8-9-5-3-6-10(17)7-9/h3,5-7,17H,2,4,8H2,1H3,(H2,15,16,18,19). The van der Waals surface area contributed by atoms with Crippen molar-refractivity contribution in [2.75, 3.05) is 0 Å². The minimum atomic E-state index is -0.157. The van der Waals surface area contributed by atoms with Gasteiger partial charge in [-0.1, -0.05) is 25.5 Å². The van der Waals surface area contributed by atoms with E-state index in [9.17, 15) is 9.90 Å². The lowest BCUT2D eigenvalue weighted by Gasteiger charge is -2.08. The van der Waals surface area contributed by atoms with Crippen molar-refractivity contribution >= 4 is 12.2 Å². The number of aromatic nitrogens is 2. The van der Waals surface area contributed by atoms with E-state index in [1.807, 2.05) is 6.07 Å². The second kappa shape index (κ2) is 5.84. The molecule has 0 saturated heterocycles. The van der Waals surface area contributed by atoms with Crippen LogP contribution in [0.3, 0.4) is 0 Å². The zero-order valence-corrected chi connectivity index (χ0v) is 11.5. The second-order valence-corrected chi connectivity index (χ2v) is 4.87. The van der Waals surface area contributed by atoms with E-state index in [1.54, 1.807) is 18.2 Å². The van der Waals surface area contributed by atoms with Crippen LogP contribution < -0.4 is 5.56 Å². The van der Waals surface area contributed by atoms with Gasteiger partial charge in [0.15, 0.2) is 4.77 Å². The monoisotopic (exact) mass is 276 g/mol. The number of H-pyrrole nitrogens is 2. The van der Waals surface area contributed by atoms with Gasteiger partial charge in [-0.2, -0.15) is 0 Å².